The fourth-order valence-electron chi connectivity index (χ4n) is 2.48. The summed E-state index contributed by atoms with van der Waals surface area (Å²) < 4.78 is 5.32. The Morgan fingerprint density at radius 1 is 1.08 bits per heavy atom. The van der Waals surface area contributed by atoms with Crippen LogP contribution in [0.1, 0.15) is 35.3 Å². The van der Waals surface area contributed by atoms with Gasteiger partial charge in [-0.2, -0.15) is 0 Å². The predicted molar refractivity (Wildman–Crippen MR) is 101 cm³/mol. The molecule has 0 aliphatic carbocycles. The van der Waals surface area contributed by atoms with Crippen LogP contribution in [0.4, 0.5) is 0 Å². The van der Waals surface area contributed by atoms with Crippen LogP contribution in [-0.4, -0.2) is 28.2 Å². The minimum absolute atomic E-state index is 0.00233. The summed E-state index contributed by atoms with van der Waals surface area (Å²) in [4.78, 5) is 12.6. The molecule has 0 spiro atoms. The Balaban J connectivity index is 2.43. The van der Waals surface area contributed by atoms with E-state index in [2.05, 4.69) is 0 Å². The van der Waals surface area contributed by atoms with E-state index in [4.69, 9.17) is 4.74 Å². The van der Waals surface area contributed by atoms with Crippen LogP contribution in [0.5, 0.6) is 23.0 Å². The molecule has 0 aliphatic rings. The maximum atomic E-state index is 12.6. The summed E-state index contributed by atoms with van der Waals surface area (Å²) in [6, 6.07) is 7.50. The molecule has 3 N–H and O–H groups in total. The summed E-state index contributed by atoms with van der Waals surface area (Å²) in [5.41, 5.74) is 2.21. The third-order valence-electron chi connectivity index (χ3n) is 3.83. The van der Waals surface area contributed by atoms with Crippen molar-refractivity contribution in [3.63, 3.8) is 0 Å². The average molecular weight is 354 g/mol. The fraction of sp³-hybridized carbons (Fsp3) is 0.190. The SMILES string of the molecule is COc1c(CC=C(C)C)c(O)cc(O)c1C(=O)/C=C/c1ccc(O)cc1. The van der Waals surface area contributed by atoms with Gasteiger partial charge < -0.3 is 20.1 Å². The molecule has 0 fully saturated rings. The summed E-state index contributed by atoms with van der Waals surface area (Å²) in [5, 5.41) is 29.6. The van der Waals surface area contributed by atoms with Gasteiger partial charge in [-0.15, -0.1) is 0 Å². The molecule has 0 saturated carbocycles. The Morgan fingerprint density at radius 3 is 2.31 bits per heavy atom. The Bertz CT molecular complexity index is 857. The molecule has 0 unspecified atom stereocenters. The first-order valence-corrected chi connectivity index (χ1v) is 8.10. The number of aromatic hydroxyl groups is 3. The first-order chi connectivity index (χ1) is 12.3. The number of carbonyl (C=O) groups is 1. The van der Waals surface area contributed by atoms with Crippen molar-refractivity contribution in [3.8, 4) is 23.0 Å². The van der Waals surface area contributed by atoms with Gasteiger partial charge in [0.1, 0.15) is 28.6 Å². The van der Waals surface area contributed by atoms with E-state index < -0.39 is 5.78 Å². The second-order valence-corrected chi connectivity index (χ2v) is 6.08. The van der Waals surface area contributed by atoms with E-state index in [1.807, 2.05) is 19.9 Å². The van der Waals surface area contributed by atoms with Gasteiger partial charge in [0, 0.05) is 11.6 Å². The lowest BCUT2D eigenvalue weighted by Gasteiger charge is -2.14. The monoisotopic (exact) mass is 354 g/mol. The molecule has 2 rings (SSSR count). The quantitative estimate of drug-likeness (QED) is 0.411. The van der Waals surface area contributed by atoms with E-state index in [0.717, 1.165) is 17.2 Å². The van der Waals surface area contributed by atoms with Crippen molar-refractivity contribution < 1.29 is 24.9 Å². The maximum Gasteiger partial charge on any atom is 0.193 e. The van der Waals surface area contributed by atoms with Gasteiger partial charge in [0.15, 0.2) is 5.78 Å². The smallest absolute Gasteiger partial charge is 0.193 e. The minimum Gasteiger partial charge on any atom is -0.508 e. The highest BCUT2D eigenvalue weighted by Gasteiger charge is 2.22. The standard InChI is InChI=1S/C21H22O5/c1-13(2)4-10-16-18(24)12-19(25)20(21(16)26-3)17(23)11-7-14-5-8-15(22)9-6-14/h4-9,11-12,22,24-25H,10H2,1-3H3/b11-7+. The van der Waals surface area contributed by atoms with Crippen LogP contribution >= 0.6 is 0 Å². The molecule has 0 amide bonds. The van der Waals surface area contributed by atoms with E-state index >= 15 is 0 Å². The molecule has 2 aromatic rings. The predicted octanol–water partition coefficient (Wildman–Crippen LogP) is 4.22. The van der Waals surface area contributed by atoms with Crippen molar-refractivity contribution in [1.82, 2.24) is 0 Å². The van der Waals surface area contributed by atoms with Gasteiger partial charge in [0.05, 0.1) is 7.11 Å². The number of hydrogen-bond donors (Lipinski definition) is 3. The molecule has 0 aromatic heterocycles. The van der Waals surface area contributed by atoms with Gasteiger partial charge in [0.25, 0.3) is 0 Å². The van der Waals surface area contributed by atoms with Crippen LogP contribution < -0.4 is 4.74 Å². The van der Waals surface area contributed by atoms with E-state index in [1.54, 1.807) is 18.2 Å². The third kappa shape index (κ3) is 4.45. The number of phenols is 3. The molecule has 0 bridgehead atoms. The number of ether oxygens (including phenoxy) is 1. The fourth-order valence-corrected chi connectivity index (χ4v) is 2.48. The molecule has 2 aromatic carbocycles. The molecule has 0 heterocycles. The number of carbonyl (C=O) groups excluding carboxylic acids is 1. The summed E-state index contributed by atoms with van der Waals surface area (Å²) in [7, 11) is 1.39. The van der Waals surface area contributed by atoms with Gasteiger partial charge in [0.2, 0.25) is 0 Å². The Kier molecular flexibility index (Phi) is 6.07. The lowest BCUT2D eigenvalue weighted by Crippen LogP contribution is -2.03. The van der Waals surface area contributed by atoms with Crippen molar-refractivity contribution in [2.24, 2.45) is 0 Å². The molecule has 0 saturated heterocycles. The van der Waals surface area contributed by atoms with Crippen molar-refractivity contribution in [2.75, 3.05) is 7.11 Å². The van der Waals surface area contributed by atoms with Gasteiger partial charge in [-0.25, -0.2) is 0 Å². The normalized spacial score (nSPS) is 10.7. The van der Waals surface area contributed by atoms with E-state index in [0.29, 0.717) is 12.0 Å². The highest BCUT2D eigenvalue weighted by molar-refractivity contribution is 6.11. The van der Waals surface area contributed by atoms with Gasteiger partial charge in [-0.3, -0.25) is 4.79 Å². The molecule has 0 radical (unpaired) electrons. The maximum absolute atomic E-state index is 12.6. The van der Waals surface area contributed by atoms with Crippen LogP contribution in [0.15, 0.2) is 48.1 Å². The molecule has 0 atom stereocenters. The molecule has 136 valence electrons. The third-order valence-corrected chi connectivity index (χ3v) is 3.83. The summed E-state index contributed by atoms with van der Waals surface area (Å²) in [6.45, 7) is 3.85. The van der Waals surface area contributed by atoms with Crippen molar-refractivity contribution >= 4 is 11.9 Å². The lowest BCUT2D eigenvalue weighted by molar-refractivity contribution is 0.104. The van der Waals surface area contributed by atoms with Crippen LogP contribution in [0.3, 0.4) is 0 Å². The Labute approximate surface area is 152 Å². The van der Waals surface area contributed by atoms with Crippen LogP contribution in [-0.2, 0) is 6.42 Å². The van der Waals surface area contributed by atoms with Gasteiger partial charge in [-0.1, -0.05) is 29.9 Å². The zero-order valence-corrected chi connectivity index (χ0v) is 15.0. The molecule has 5 heteroatoms. The summed E-state index contributed by atoms with van der Waals surface area (Å²) >= 11 is 0. The average Bonchev–Trinajstić information content (AvgIpc) is 2.59. The molecule has 26 heavy (non-hydrogen) atoms. The number of allylic oxidation sites excluding steroid dienone is 3. The van der Waals surface area contributed by atoms with Crippen LogP contribution in [0, 0.1) is 0 Å². The number of phenolic OH excluding ortho intramolecular Hbond substituents is 3. The first kappa shape index (κ1) is 19.1. The number of rotatable bonds is 6. The lowest BCUT2D eigenvalue weighted by atomic mass is 9.99. The zero-order valence-electron chi connectivity index (χ0n) is 15.0. The highest BCUT2D eigenvalue weighted by atomic mass is 16.5. The second kappa shape index (κ2) is 8.25. The number of ketones is 1. The minimum atomic E-state index is -0.453. The summed E-state index contributed by atoms with van der Waals surface area (Å²) in [6.07, 6.45) is 5.16. The first-order valence-electron chi connectivity index (χ1n) is 8.10. The Hall–Kier alpha value is -3.21. The highest BCUT2D eigenvalue weighted by Crippen LogP contribution is 2.39. The largest absolute Gasteiger partial charge is 0.508 e. The number of hydrogen-bond acceptors (Lipinski definition) is 5. The van der Waals surface area contributed by atoms with Crippen molar-refractivity contribution in [2.45, 2.75) is 20.3 Å². The second-order valence-electron chi connectivity index (χ2n) is 6.08. The Morgan fingerprint density at radius 2 is 1.73 bits per heavy atom. The van der Waals surface area contributed by atoms with E-state index in [-0.39, 0.29) is 28.6 Å². The van der Waals surface area contributed by atoms with Crippen molar-refractivity contribution in [1.29, 1.82) is 0 Å². The number of benzene rings is 2. The molecule has 0 aliphatic heterocycles. The van der Waals surface area contributed by atoms with Gasteiger partial charge in [-0.05, 0) is 44.0 Å². The summed E-state index contributed by atoms with van der Waals surface area (Å²) in [5.74, 6) is -0.641. The zero-order chi connectivity index (χ0) is 19.3. The topological polar surface area (TPSA) is 87.0 Å². The van der Waals surface area contributed by atoms with Crippen molar-refractivity contribution in [3.05, 3.63) is 64.7 Å². The van der Waals surface area contributed by atoms with Crippen LogP contribution in [0.25, 0.3) is 6.08 Å². The van der Waals surface area contributed by atoms with Gasteiger partial charge >= 0.3 is 0 Å². The molecular formula is C21H22O5. The van der Waals surface area contributed by atoms with E-state index in [9.17, 15) is 20.1 Å². The number of methoxy groups -OCH3 is 1. The van der Waals surface area contributed by atoms with Crippen LogP contribution in [0.2, 0.25) is 0 Å². The molecular weight excluding hydrogens is 332 g/mol. The van der Waals surface area contributed by atoms with E-state index in [1.165, 1.54) is 25.3 Å². The molecule has 5 nitrogen and oxygen atoms in total.